The Bertz CT molecular complexity index is 506. The van der Waals surface area contributed by atoms with Crippen molar-refractivity contribution < 1.29 is 0 Å². The molecule has 0 aliphatic heterocycles. The Morgan fingerprint density at radius 1 is 1.25 bits per heavy atom. The van der Waals surface area contributed by atoms with E-state index in [1.54, 1.807) is 6.07 Å². The number of hydrogen-bond acceptors (Lipinski definition) is 2. The summed E-state index contributed by atoms with van der Waals surface area (Å²) in [4.78, 5) is 10.8. The highest BCUT2D eigenvalue weighted by atomic mass is 35.5. The summed E-state index contributed by atoms with van der Waals surface area (Å²) >= 11 is 11.9. The van der Waals surface area contributed by atoms with Crippen molar-refractivity contribution in [2.24, 2.45) is 5.18 Å². The standard InChI is InChI=1S/C12H9Cl2NO/c13-12(14)11-7-4-5-8(11)10-6(7)2-1-3-9(10)15-16/h1-3,7-8H,4-5H2. The zero-order valence-corrected chi connectivity index (χ0v) is 9.92. The van der Waals surface area contributed by atoms with E-state index in [-0.39, 0.29) is 5.92 Å². The van der Waals surface area contributed by atoms with Gasteiger partial charge in [-0.1, -0.05) is 35.3 Å². The molecule has 0 amide bonds. The van der Waals surface area contributed by atoms with Crippen molar-refractivity contribution in [1.29, 1.82) is 0 Å². The van der Waals surface area contributed by atoms with E-state index in [4.69, 9.17) is 23.2 Å². The first-order valence-corrected chi connectivity index (χ1v) is 6.01. The van der Waals surface area contributed by atoms with Gasteiger partial charge in [-0.2, -0.15) is 0 Å². The summed E-state index contributed by atoms with van der Waals surface area (Å²) in [6.07, 6.45) is 2.08. The second-order valence-corrected chi connectivity index (χ2v) is 5.22. The third kappa shape index (κ3) is 1.20. The van der Waals surface area contributed by atoms with Crippen LogP contribution in [0, 0.1) is 4.91 Å². The van der Waals surface area contributed by atoms with E-state index in [9.17, 15) is 4.91 Å². The van der Waals surface area contributed by atoms with Crippen molar-refractivity contribution >= 4 is 28.9 Å². The molecule has 1 aromatic carbocycles. The van der Waals surface area contributed by atoms with Crippen LogP contribution in [0.1, 0.15) is 35.8 Å². The molecular formula is C12H9Cl2NO. The first-order valence-electron chi connectivity index (χ1n) is 5.25. The fourth-order valence-electron chi connectivity index (χ4n) is 3.11. The highest BCUT2D eigenvalue weighted by molar-refractivity contribution is 6.56. The molecule has 0 aromatic heterocycles. The van der Waals surface area contributed by atoms with Gasteiger partial charge in [0.25, 0.3) is 0 Å². The topological polar surface area (TPSA) is 29.4 Å². The maximum absolute atomic E-state index is 10.8. The van der Waals surface area contributed by atoms with Crippen LogP contribution in [0.4, 0.5) is 5.69 Å². The average molecular weight is 254 g/mol. The number of nitrogens with zero attached hydrogens (tertiary/aromatic N) is 1. The van der Waals surface area contributed by atoms with E-state index in [1.807, 2.05) is 12.1 Å². The Labute approximate surface area is 103 Å². The normalized spacial score (nSPS) is 25.8. The van der Waals surface area contributed by atoms with Crippen LogP contribution in [0.5, 0.6) is 0 Å². The van der Waals surface area contributed by atoms with Crippen LogP contribution >= 0.6 is 23.2 Å². The molecule has 0 N–H and O–H groups in total. The lowest BCUT2D eigenvalue weighted by atomic mass is 9.91. The molecule has 4 heteroatoms. The van der Waals surface area contributed by atoms with Gasteiger partial charge in [-0.3, -0.25) is 0 Å². The van der Waals surface area contributed by atoms with Crippen LogP contribution in [-0.2, 0) is 0 Å². The first-order chi connectivity index (χ1) is 7.74. The predicted molar refractivity (Wildman–Crippen MR) is 65.3 cm³/mol. The number of halogens is 2. The summed E-state index contributed by atoms with van der Waals surface area (Å²) in [5, 5.41) is 3.10. The van der Waals surface area contributed by atoms with Crippen LogP contribution in [0.2, 0.25) is 0 Å². The summed E-state index contributed by atoms with van der Waals surface area (Å²) in [5.41, 5.74) is 3.84. The van der Waals surface area contributed by atoms with Crippen molar-refractivity contribution in [3.8, 4) is 0 Å². The van der Waals surface area contributed by atoms with Gasteiger partial charge < -0.3 is 0 Å². The largest absolute Gasteiger partial charge is 0.145 e. The molecule has 0 radical (unpaired) electrons. The smallest absolute Gasteiger partial charge is 0.112 e. The van der Waals surface area contributed by atoms with E-state index < -0.39 is 0 Å². The Hall–Kier alpha value is -0.860. The van der Waals surface area contributed by atoms with E-state index in [0.717, 1.165) is 24.0 Å². The lowest BCUT2D eigenvalue weighted by molar-refractivity contribution is 0.718. The van der Waals surface area contributed by atoms with Crippen molar-refractivity contribution in [3.05, 3.63) is 44.3 Å². The summed E-state index contributed by atoms with van der Waals surface area (Å²) in [6, 6.07) is 5.67. The molecule has 0 heterocycles. The molecule has 82 valence electrons. The van der Waals surface area contributed by atoms with Gasteiger partial charge in [0.2, 0.25) is 0 Å². The number of rotatable bonds is 1. The molecule has 2 aliphatic rings. The molecule has 2 unspecified atom stereocenters. The zero-order chi connectivity index (χ0) is 11.3. The summed E-state index contributed by atoms with van der Waals surface area (Å²) in [7, 11) is 0. The minimum Gasteiger partial charge on any atom is -0.145 e. The molecule has 16 heavy (non-hydrogen) atoms. The molecule has 2 atom stereocenters. The molecule has 2 nitrogen and oxygen atoms in total. The van der Waals surface area contributed by atoms with E-state index in [1.165, 1.54) is 5.56 Å². The van der Waals surface area contributed by atoms with Crippen molar-refractivity contribution in [2.45, 2.75) is 24.7 Å². The molecule has 2 aliphatic carbocycles. The van der Waals surface area contributed by atoms with Crippen LogP contribution in [-0.4, -0.2) is 0 Å². The summed E-state index contributed by atoms with van der Waals surface area (Å²) in [6.45, 7) is 0. The van der Waals surface area contributed by atoms with Gasteiger partial charge in [0.15, 0.2) is 0 Å². The SMILES string of the molecule is O=Nc1cccc2c1C1CCC2C1=C(Cl)Cl. The lowest BCUT2D eigenvalue weighted by Gasteiger charge is -2.14. The van der Waals surface area contributed by atoms with Gasteiger partial charge in [0, 0.05) is 11.8 Å². The predicted octanol–water partition coefficient (Wildman–Crippen LogP) is 4.75. The van der Waals surface area contributed by atoms with Crippen molar-refractivity contribution in [3.63, 3.8) is 0 Å². The summed E-state index contributed by atoms with van der Waals surface area (Å²) < 4.78 is 0.362. The molecule has 1 fully saturated rings. The van der Waals surface area contributed by atoms with Gasteiger partial charge in [-0.15, -0.1) is 4.91 Å². The number of hydrogen-bond donors (Lipinski definition) is 0. The highest BCUT2D eigenvalue weighted by Gasteiger charge is 2.44. The molecule has 1 aromatic rings. The minimum atomic E-state index is 0.207. The number of allylic oxidation sites excluding steroid dienone is 1. The van der Waals surface area contributed by atoms with Crippen molar-refractivity contribution in [1.82, 2.24) is 0 Å². The second kappa shape index (κ2) is 3.57. The number of nitroso groups, excluding NO2 is 1. The fraction of sp³-hybridized carbons (Fsp3) is 0.333. The minimum absolute atomic E-state index is 0.207. The molecular weight excluding hydrogens is 245 g/mol. The third-order valence-corrected chi connectivity index (χ3v) is 4.09. The Morgan fingerprint density at radius 2 is 2.00 bits per heavy atom. The molecule has 1 saturated carbocycles. The molecule has 3 rings (SSSR count). The molecule has 0 spiro atoms. The van der Waals surface area contributed by atoms with Crippen LogP contribution in [0.15, 0.2) is 33.4 Å². The monoisotopic (exact) mass is 253 g/mol. The third-order valence-electron chi connectivity index (χ3n) is 3.65. The Kier molecular flexibility index (Phi) is 2.30. The Balaban J connectivity index is 2.26. The van der Waals surface area contributed by atoms with E-state index >= 15 is 0 Å². The molecule has 0 saturated heterocycles. The lowest BCUT2D eigenvalue weighted by Crippen LogP contribution is -1.97. The number of fused-ring (bicyclic) bond motifs is 5. The van der Waals surface area contributed by atoms with E-state index in [0.29, 0.717) is 16.1 Å². The number of benzene rings is 1. The van der Waals surface area contributed by atoms with Gasteiger partial charge >= 0.3 is 0 Å². The van der Waals surface area contributed by atoms with Gasteiger partial charge in [-0.05, 0) is 40.8 Å². The van der Waals surface area contributed by atoms with Crippen LogP contribution in [0.3, 0.4) is 0 Å². The maximum Gasteiger partial charge on any atom is 0.112 e. The molecule has 2 bridgehead atoms. The zero-order valence-electron chi connectivity index (χ0n) is 8.41. The van der Waals surface area contributed by atoms with Crippen LogP contribution in [0.25, 0.3) is 0 Å². The highest BCUT2D eigenvalue weighted by Crippen LogP contribution is 2.60. The maximum atomic E-state index is 10.8. The quantitative estimate of drug-likeness (QED) is 0.665. The van der Waals surface area contributed by atoms with Gasteiger partial charge in [0.1, 0.15) is 10.2 Å². The van der Waals surface area contributed by atoms with Gasteiger partial charge in [-0.25, -0.2) is 0 Å². The second-order valence-electron chi connectivity index (χ2n) is 4.27. The van der Waals surface area contributed by atoms with Crippen LogP contribution < -0.4 is 0 Å². The van der Waals surface area contributed by atoms with Gasteiger partial charge in [0.05, 0.1) is 0 Å². The Morgan fingerprint density at radius 3 is 2.69 bits per heavy atom. The first kappa shape index (κ1) is 10.3. The van der Waals surface area contributed by atoms with Crippen molar-refractivity contribution in [2.75, 3.05) is 0 Å². The van der Waals surface area contributed by atoms with E-state index in [2.05, 4.69) is 5.18 Å². The average Bonchev–Trinajstić information content (AvgIpc) is 2.84. The summed E-state index contributed by atoms with van der Waals surface area (Å²) in [5.74, 6) is 0.505. The fourth-order valence-corrected chi connectivity index (χ4v) is 3.63.